The molecule has 0 radical (unpaired) electrons. The minimum Gasteiger partial charge on any atom is -0.456 e. The Bertz CT molecular complexity index is 1150. The van der Waals surface area contributed by atoms with Crippen LogP contribution in [0.25, 0.3) is 12.2 Å². The van der Waals surface area contributed by atoms with Crippen molar-refractivity contribution in [2.24, 2.45) is 0 Å². The van der Waals surface area contributed by atoms with Gasteiger partial charge in [0.15, 0.2) is 0 Å². The predicted octanol–water partition coefficient (Wildman–Crippen LogP) is 6.34. The third-order valence-corrected chi connectivity index (χ3v) is 4.30. The highest BCUT2D eigenvalue weighted by atomic mass is 19.1. The molecular formula is C26H23F2NO3. The molecule has 4 nitrogen and oxygen atoms in total. The second kappa shape index (κ2) is 9.56. The molecule has 3 rings (SSSR count). The first-order valence-electron chi connectivity index (χ1n) is 9.99. The Balaban J connectivity index is 1.94. The normalized spacial score (nSPS) is 11.4. The van der Waals surface area contributed by atoms with E-state index < -0.39 is 23.2 Å². The Morgan fingerprint density at radius 1 is 0.844 bits per heavy atom. The third kappa shape index (κ3) is 6.35. The first-order chi connectivity index (χ1) is 15.1. The molecule has 32 heavy (non-hydrogen) atoms. The third-order valence-electron chi connectivity index (χ3n) is 4.30. The number of nitrogens with one attached hydrogen (secondary N) is 1. The lowest BCUT2D eigenvalue weighted by Gasteiger charge is -2.21. The molecule has 0 spiro atoms. The van der Waals surface area contributed by atoms with Crippen LogP contribution in [0.5, 0.6) is 0 Å². The number of rotatable bonds is 5. The van der Waals surface area contributed by atoms with Gasteiger partial charge in [0.05, 0.1) is 11.3 Å². The zero-order valence-electron chi connectivity index (χ0n) is 18.0. The number of benzene rings is 3. The lowest BCUT2D eigenvalue weighted by Crippen LogP contribution is -2.25. The molecule has 0 aliphatic carbocycles. The SMILES string of the molecule is CC(C)(C)OC(=O)c1ccc(C=Cc2cc(F)cc(F)c2)cc1NC(=O)c1ccccc1. The Morgan fingerprint density at radius 2 is 1.47 bits per heavy atom. The highest BCUT2D eigenvalue weighted by Gasteiger charge is 2.21. The van der Waals surface area contributed by atoms with E-state index in [0.29, 0.717) is 16.7 Å². The molecule has 0 saturated heterocycles. The fraction of sp³-hybridized carbons (Fsp3) is 0.154. The summed E-state index contributed by atoms with van der Waals surface area (Å²) in [7, 11) is 0. The number of hydrogen-bond acceptors (Lipinski definition) is 3. The number of ether oxygens (including phenoxy) is 1. The standard InChI is InChI=1S/C26H23F2NO3/c1-26(2,3)32-25(31)22-12-11-17(9-10-18-13-20(27)16-21(28)14-18)15-23(22)29-24(30)19-7-5-4-6-8-19/h4-16H,1-3H3,(H,29,30). The summed E-state index contributed by atoms with van der Waals surface area (Å²) >= 11 is 0. The number of carbonyl (C=O) groups excluding carboxylic acids is 2. The molecule has 0 atom stereocenters. The second-order valence-electron chi connectivity index (χ2n) is 8.16. The molecule has 0 heterocycles. The van der Waals surface area contributed by atoms with E-state index in [9.17, 15) is 18.4 Å². The van der Waals surface area contributed by atoms with Crippen molar-refractivity contribution in [2.45, 2.75) is 26.4 Å². The second-order valence-corrected chi connectivity index (χ2v) is 8.16. The zero-order chi connectivity index (χ0) is 23.3. The average Bonchev–Trinajstić information content (AvgIpc) is 2.71. The van der Waals surface area contributed by atoms with E-state index in [2.05, 4.69) is 5.32 Å². The van der Waals surface area contributed by atoms with Gasteiger partial charge in [-0.15, -0.1) is 0 Å². The van der Waals surface area contributed by atoms with Crippen LogP contribution in [0.4, 0.5) is 14.5 Å². The maximum absolute atomic E-state index is 13.4. The number of amides is 1. The van der Waals surface area contributed by atoms with E-state index in [4.69, 9.17) is 4.74 Å². The molecule has 0 aliphatic rings. The Kier molecular flexibility index (Phi) is 6.83. The van der Waals surface area contributed by atoms with Gasteiger partial charge in [0.25, 0.3) is 5.91 Å². The lowest BCUT2D eigenvalue weighted by molar-refractivity contribution is 0.00707. The van der Waals surface area contributed by atoms with Crippen molar-refractivity contribution in [3.63, 3.8) is 0 Å². The zero-order valence-corrected chi connectivity index (χ0v) is 18.0. The van der Waals surface area contributed by atoms with Crippen molar-refractivity contribution < 1.29 is 23.1 Å². The number of halogens is 2. The van der Waals surface area contributed by atoms with E-state index in [1.54, 1.807) is 75.4 Å². The van der Waals surface area contributed by atoms with E-state index in [0.717, 1.165) is 6.07 Å². The summed E-state index contributed by atoms with van der Waals surface area (Å²) in [5.74, 6) is -2.33. The topological polar surface area (TPSA) is 55.4 Å². The van der Waals surface area contributed by atoms with Crippen LogP contribution < -0.4 is 5.32 Å². The Labute approximate surface area is 185 Å². The smallest absolute Gasteiger partial charge is 0.340 e. The van der Waals surface area contributed by atoms with E-state index >= 15 is 0 Å². The Morgan fingerprint density at radius 3 is 2.09 bits per heavy atom. The molecular weight excluding hydrogens is 412 g/mol. The van der Waals surface area contributed by atoms with Crippen LogP contribution in [0.3, 0.4) is 0 Å². The number of anilines is 1. The first-order valence-corrected chi connectivity index (χ1v) is 9.99. The van der Waals surface area contributed by atoms with Crippen LogP contribution in [0.1, 0.15) is 52.6 Å². The molecule has 0 aromatic heterocycles. The van der Waals surface area contributed by atoms with E-state index in [1.165, 1.54) is 18.2 Å². The summed E-state index contributed by atoms with van der Waals surface area (Å²) in [6.07, 6.45) is 3.17. The van der Waals surface area contributed by atoms with Crippen LogP contribution in [0.2, 0.25) is 0 Å². The molecule has 164 valence electrons. The maximum Gasteiger partial charge on any atom is 0.340 e. The summed E-state index contributed by atoms with van der Waals surface area (Å²) in [4.78, 5) is 25.4. The highest BCUT2D eigenvalue weighted by molar-refractivity contribution is 6.08. The van der Waals surface area contributed by atoms with Crippen molar-refractivity contribution in [1.82, 2.24) is 0 Å². The molecule has 0 bridgehead atoms. The fourth-order valence-corrected chi connectivity index (χ4v) is 2.93. The maximum atomic E-state index is 13.4. The van der Waals surface area contributed by atoms with Crippen LogP contribution >= 0.6 is 0 Å². The predicted molar refractivity (Wildman–Crippen MR) is 121 cm³/mol. The van der Waals surface area contributed by atoms with Gasteiger partial charge in [-0.3, -0.25) is 4.79 Å². The average molecular weight is 435 g/mol. The monoisotopic (exact) mass is 435 g/mol. The summed E-state index contributed by atoms with van der Waals surface area (Å²) in [6, 6.07) is 16.6. The number of esters is 1. The van der Waals surface area contributed by atoms with Gasteiger partial charge in [-0.05, 0) is 68.3 Å². The summed E-state index contributed by atoms with van der Waals surface area (Å²) in [5.41, 5.74) is 1.13. The van der Waals surface area contributed by atoms with Crippen molar-refractivity contribution in [3.05, 3.63) is 101 Å². The molecule has 0 aliphatic heterocycles. The molecule has 0 unspecified atom stereocenters. The Hall–Kier alpha value is -3.80. The van der Waals surface area contributed by atoms with Crippen LogP contribution in [0, 0.1) is 11.6 Å². The molecule has 3 aromatic carbocycles. The van der Waals surface area contributed by atoms with Gasteiger partial charge in [0.2, 0.25) is 0 Å². The quantitative estimate of drug-likeness (QED) is 0.376. The van der Waals surface area contributed by atoms with Gasteiger partial charge >= 0.3 is 5.97 Å². The van der Waals surface area contributed by atoms with Crippen LogP contribution in [-0.4, -0.2) is 17.5 Å². The molecule has 1 N–H and O–H groups in total. The van der Waals surface area contributed by atoms with Crippen molar-refractivity contribution in [1.29, 1.82) is 0 Å². The molecule has 3 aromatic rings. The van der Waals surface area contributed by atoms with E-state index in [1.807, 2.05) is 0 Å². The van der Waals surface area contributed by atoms with Gasteiger partial charge in [0.1, 0.15) is 17.2 Å². The summed E-state index contributed by atoms with van der Waals surface area (Å²) in [6.45, 7) is 5.26. The van der Waals surface area contributed by atoms with E-state index in [-0.39, 0.29) is 17.2 Å². The van der Waals surface area contributed by atoms with Gasteiger partial charge in [0, 0.05) is 11.6 Å². The lowest BCUT2D eigenvalue weighted by atomic mass is 10.1. The van der Waals surface area contributed by atoms with Crippen molar-refractivity contribution >= 4 is 29.7 Å². The molecule has 6 heteroatoms. The van der Waals surface area contributed by atoms with Crippen LogP contribution in [-0.2, 0) is 4.74 Å². The first kappa shape index (κ1) is 22.9. The summed E-state index contributed by atoms with van der Waals surface area (Å²) < 4.78 is 32.3. The van der Waals surface area contributed by atoms with Gasteiger partial charge in [-0.2, -0.15) is 0 Å². The van der Waals surface area contributed by atoms with Gasteiger partial charge in [-0.25, -0.2) is 13.6 Å². The highest BCUT2D eigenvalue weighted by Crippen LogP contribution is 2.24. The summed E-state index contributed by atoms with van der Waals surface area (Å²) in [5, 5.41) is 2.76. The molecule has 0 saturated carbocycles. The fourth-order valence-electron chi connectivity index (χ4n) is 2.93. The van der Waals surface area contributed by atoms with Crippen molar-refractivity contribution in [3.8, 4) is 0 Å². The van der Waals surface area contributed by atoms with Gasteiger partial charge < -0.3 is 10.1 Å². The largest absolute Gasteiger partial charge is 0.456 e. The number of hydrogen-bond donors (Lipinski definition) is 1. The number of carbonyl (C=O) groups is 2. The minimum atomic E-state index is -0.710. The van der Waals surface area contributed by atoms with Crippen molar-refractivity contribution in [2.75, 3.05) is 5.32 Å². The molecule has 0 fully saturated rings. The minimum absolute atomic E-state index is 0.193. The van der Waals surface area contributed by atoms with Gasteiger partial charge in [-0.1, -0.05) is 36.4 Å². The van der Waals surface area contributed by atoms with Crippen LogP contribution in [0.15, 0.2) is 66.7 Å². The molecule has 1 amide bonds.